The lowest BCUT2D eigenvalue weighted by molar-refractivity contribution is 0.104. The topological polar surface area (TPSA) is 34.9 Å². The van der Waals surface area contributed by atoms with E-state index in [-0.39, 0.29) is 11.6 Å². The second kappa shape index (κ2) is 5.27. The fourth-order valence-electron chi connectivity index (χ4n) is 1.45. The van der Waals surface area contributed by atoms with Gasteiger partial charge < -0.3 is 0 Å². The minimum Gasteiger partial charge on any atom is -0.289 e. The van der Waals surface area contributed by atoms with E-state index in [4.69, 9.17) is 0 Å². The molecule has 5 heteroatoms. The predicted octanol–water partition coefficient (Wildman–Crippen LogP) is 3.22. The fourth-order valence-corrected chi connectivity index (χ4v) is 1.83. The third-order valence-electron chi connectivity index (χ3n) is 2.36. The van der Waals surface area contributed by atoms with Crippen molar-refractivity contribution < 1.29 is 9.18 Å². The number of hydrogen-bond acceptors (Lipinski definition) is 2. The molecule has 0 amide bonds. The van der Waals surface area contributed by atoms with Gasteiger partial charge in [-0.1, -0.05) is 15.9 Å². The smallest absolute Gasteiger partial charge is 0.189 e. The molecule has 1 heterocycles. The average Bonchev–Trinajstić information content (AvgIpc) is 2.77. The highest BCUT2D eigenvalue weighted by atomic mass is 79.9. The Morgan fingerprint density at radius 2 is 2.28 bits per heavy atom. The van der Waals surface area contributed by atoms with Crippen LogP contribution in [0.1, 0.15) is 15.9 Å². The van der Waals surface area contributed by atoms with Crippen molar-refractivity contribution in [1.82, 2.24) is 9.78 Å². The first-order chi connectivity index (χ1) is 8.56. The van der Waals surface area contributed by atoms with Crippen molar-refractivity contribution in [1.29, 1.82) is 0 Å². The second-order valence-corrected chi connectivity index (χ2v) is 4.68. The third kappa shape index (κ3) is 2.92. The molecular weight excluding hydrogens is 299 g/mol. The Hall–Kier alpha value is -1.75. The van der Waals surface area contributed by atoms with Crippen LogP contribution >= 0.6 is 15.9 Å². The minimum absolute atomic E-state index is 0.206. The van der Waals surface area contributed by atoms with Crippen LogP contribution in [0, 0.1) is 5.82 Å². The van der Waals surface area contributed by atoms with E-state index in [9.17, 15) is 9.18 Å². The van der Waals surface area contributed by atoms with Crippen LogP contribution in [0.15, 0.2) is 41.1 Å². The number of rotatable bonds is 3. The molecule has 0 bridgehead atoms. The van der Waals surface area contributed by atoms with Gasteiger partial charge >= 0.3 is 0 Å². The largest absolute Gasteiger partial charge is 0.289 e. The van der Waals surface area contributed by atoms with E-state index < -0.39 is 0 Å². The number of halogens is 2. The summed E-state index contributed by atoms with van der Waals surface area (Å²) in [5, 5.41) is 3.90. The molecule has 1 aromatic heterocycles. The molecule has 3 nitrogen and oxygen atoms in total. The zero-order chi connectivity index (χ0) is 13.1. The van der Waals surface area contributed by atoms with Crippen molar-refractivity contribution in [2.75, 3.05) is 0 Å². The minimum atomic E-state index is -0.367. The van der Waals surface area contributed by atoms with Crippen molar-refractivity contribution in [2.45, 2.75) is 0 Å². The van der Waals surface area contributed by atoms with Gasteiger partial charge in [0.05, 0.1) is 11.8 Å². The van der Waals surface area contributed by atoms with Crippen LogP contribution in [-0.2, 0) is 7.05 Å². The maximum absolute atomic E-state index is 13.4. The summed E-state index contributed by atoms with van der Waals surface area (Å²) in [4.78, 5) is 11.8. The van der Waals surface area contributed by atoms with Crippen LogP contribution in [0.4, 0.5) is 4.39 Å². The van der Waals surface area contributed by atoms with E-state index in [0.29, 0.717) is 11.1 Å². The van der Waals surface area contributed by atoms with Crippen molar-refractivity contribution >= 4 is 27.8 Å². The number of nitrogens with zero attached hydrogens (tertiary/aromatic N) is 2. The molecule has 0 unspecified atom stereocenters. The molecule has 1 aromatic carbocycles. The number of benzene rings is 1. The summed E-state index contributed by atoms with van der Waals surface area (Å²) < 4.78 is 15.7. The van der Waals surface area contributed by atoms with Crippen LogP contribution in [0.2, 0.25) is 0 Å². The lowest BCUT2D eigenvalue weighted by atomic mass is 10.1. The van der Waals surface area contributed by atoms with Crippen molar-refractivity contribution in [3.8, 4) is 0 Å². The van der Waals surface area contributed by atoms with Crippen LogP contribution in [-0.4, -0.2) is 15.6 Å². The van der Waals surface area contributed by atoms with Gasteiger partial charge in [0.15, 0.2) is 5.78 Å². The highest BCUT2D eigenvalue weighted by Gasteiger charge is 2.05. The van der Waals surface area contributed by atoms with E-state index in [0.717, 1.165) is 4.47 Å². The lowest BCUT2D eigenvalue weighted by Crippen LogP contribution is -1.92. The van der Waals surface area contributed by atoms with Crippen molar-refractivity contribution in [3.05, 3.63) is 58.1 Å². The highest BCUT2D eigenvalue weighted by molar-refractivity contribution is 9.10. The Labute approximate surface area is 112 Å². The van der Waals surface area contributed by atoms with Crippen LogP contribution in [0.3, 0.4) is 0 Å². The Kier molecular flexibility index (Phi) is 3.72. The molecule has 0 aliphatic heterocycles. The summed E-state index contributed by atoms with van der Waals surface area (Å²) in [5.41, 5.74) is 0.839. The van der Waals surface area contributed by atoms with E-state index in [1.807, 2.05) is 0 Å². The molecule has 0 aliphatic rings. The van der Waals surface area contributed by atoms with Crippen LogP contribution in [0.5, 0.6) is 0 Å². The molecule has 0 spiro atoms. The number of carbonyl (C=O) groups excluding carboxylic acids is 1. The molecule has 0 fully saturated rings. The second-order valence-electron chi connectivity index (χ2n) is 3.77. The standard InChI is InChI=1S/C13H10BrFN2O/c1-17-8-10(7-16-17)13(18)5-2-9-6-11(14)3-4-12(9)15/h2-8H,1H3/b5-2+. The van der Waals surface area contributed by atoms with Gasteiger partial charge in [0, 0.05) is 23.3 Å². The number of aryl methyl sites for hydroxylation is 1. The first-order valence-electron chi connectivity index (χ1n) is 5.22. The molecule has 0 N–H and O–H groups in total. The number of ketones is 1. The first-order valence-corrected chi connectivity index (χ1v) is 6.01. The summed E-state index contributed by atoms with van der Waals surface area (Å²) in [6.45, 7) is 0. The molecule has 2 rings (SSSR count). The van der Waals surface area contributed by atoms with Gasteiger partial charge in [-0.25, -0.2) is 4.39 Å². The molecule has 2 aromatic rings. The quantitative estimate of drug-likeness (QED) is 0.644. The summed E-state index contributed by atoms with van der Waals surface area (Å²) in [6, 6.07) is 4.57. The fraction of sp³-hybridized carbons (Fsp3) is 0.0769. The van der Waals surface area contributed by atoms with Crippen molar-refractivity contribution in [3.63, 3.8) is 0 Å². The number of hydrogen-bond donors (Lipinski definition) is 0. The monoisotopic (exact) mass is 308 g/mol. The first kappa shape index (κ1) is 12.7. The molecule has 0 radical (unpaired) electrons. The maximum atomic E-state index is 13.4. The molecule has 0 saturated carbocycles. The van der Waals surface area contributed by atoms with Gasteiger partial charge in [0.1, 0.15) is 5.82 Å². The van der Waals surface area contributed by atoms with Crippen LogP contribution < -0.4 is 0 Å². The summed E-state index contributed by atoms with van der Waals surface area (Å²) in [6.07, 6.45) is 5.88. The Morgan fingerprint density at radius 1 is 1.50 bits per heavy atom. The Bertz CT molecular complexity index is 619. The Morgan fingerprint density at radius 3 is 2.94 bits per heavy atom. The SMILES string of the molecule is Cn1cc(C(=O)/C=C/c2cc(Br)ccc2F)cn1. The third-order valence-corrected chi connectivity index (χ3v) is 2.85. The van der Waals surface area contributed by atoms with E-state index >= 15 is 0 Å². The normalized spacial score (nSPS) is 11.1. The molecule has 0 atom stereocenters. The summed E-state index contributed by atoms with van der Waals surface area (Å²) >= 11 is 3.25. The Balaban J connectivity index is 2.20. The summed E-state index contributed by atoms with van der Waals surface area (Å²) in [5.74, 6) is -0.573. The van der Waals surface area contributed by atoms with Crippen LogP contribution in [0.25, 0.3) is 6.08 Å². The van der Waals surface area contributed by atoms with Gasteiger partial charge in [0.25, 0.3) is 0 Å². The highest BCUT2D eigenvalue weighted by Crippen LogP contribution is 2.17. The van der Waals surface area contributed by atoms with Gasteiger partial charge in [-0.2, -0.15) is 5.10 Å². The zero-order valence-electron chi connectivity index (χ0n) is 9.60. The van der Waals surface area contributed by atoms with E-state index in [1.54, 1.807) is 30.1 Å². The lowest BCUT2D eigenvalue weighted by Gasteiger charge is -1.97. The zero-order valence-corrected chi connectivity index (χ0v) is 11.2. The molecule has 18 heavy (non-hydrogen) atoms. The molecule has 92 valence electrons. The van der Waals surface area contributed by atoms with Crippen molar-refractivity contribution in [2.24, 2.45) is 7.05 Å². The van der Waals surface area contributed by atoms with Gasteiger partial charge in [-0.05, 0) is 30.4 Å². The summed E-state index contributed by atoms with van der Waals surface area (Å²) in [7, 11) is 1.73. The molecule has 0 aliphatic carbocycles. The molecular formula is C13H10BrFN2O. The van der Waals surface area contributed by atoms with E-state index in [1.165, 1.54) is 24.4 Å². The average molecular weight is 309 g/mol. The number of carbonyl (C=O) groups is 1. The van der Waals surface area contributed by atoms with Gasteiger partial charge in [-0.15, -0.1) is 0 Å². The predicted molar refractivity (Wildman–Crippen MR) is 70.7 cm³/mol. The number of allylic oxidation sites excluding steroid dienone is 1. The number of aromatic nitrogens is 2. The van der Waals surface area contributed by atoms with Gasteiger partial charge in [-0.3, -0.25) is 9.48 Å². The van der Waals surface area contributed by atoms with Gasteiger partial charge in [0.2, 0.25) is 0 Å². The van der Waals surface area contributed by atoms with E-state index in [2.05, 4.69) is 21.0 Å². The molecule has 0 saturated heterocycles. The maximum Gasteiger partial charge on any atom is 0.189 e.